The van der Waals surface area contributed by atoms with Crippen LogP contribution in [0.3, 0.4) is 0 Å². The average Bonchev–Trinajstić information content (AvgIpc) is 2.96. The first-order valence-electron chi connectivity index (χ1n) is 8.76. The Morgan fingerprint density at radius 1 is 1.32 bits per heavy atom. The molecule has 28 heavy (non-hydrogen) atoms. The second-order valence-electron chi connectivity index (χ2n) is 6.88. The van der Waals surface area contributed by atoms with Gasteiger partial charge in [-0.25, -0.2) is 4.79 Å². The monoisotopic (exact) mass is 420 g/mol. The van der Waals surface area contributed by atoms with Crippen molar-refractivity contribution in [2.24, 2.45) is 0 Å². The van der Waals surface area contributed by atoms with Gasteiger partial charge in [-0.3, -0.25) is 9.78 Å². The molecule has 1 N–H and O–H groups in total. The maximum Gasteiger partial charge on any atom is 0.490 e. The highest BCUT2D eigenvalue weighted by atomic mass is 32.2. The zero-order chi connectivity index (χ0) is 21.1. The number of pyridine rings is 1. The molecule has 0 bridgehead atoms. The number of carbonyl (C=O) groups excluding carboxylic acids is 1. The third-order valence-electron chi connectivity index (χ3n) is 4.39. The Kier molecular flexibility index (Phi) is 6.97. The highest BCUT2D eigenvalue weighted by molar-refractivity contribution is 8.01. The predicted octanol–water partition coefficient (Wildman–Crippen LogP) is 3.07. The first-order valence-corrected chi connectivity index (χ1v) is 9.74. The number of thioether (sulfide) groups is 1. The van der Waals surface area contributed by atoms with Gasteiger partial charge in [-0.05, 0) is 39.3 Å². The van der Waals surface area contributed by atoms with Crippen LogP contribution in [0.5, 0.6) is 0 Å². The Morgan fingerprint density at radius 3 is 2.32 bits per heavy atom. The number of rotatable bonds is 3. The lowest BCUT2D eigenvalue weighted by atomic mass is 9.92. The van der Waals surface area contributed by atoms with Crippen LogP contribution in [0.2, 0.25) is 0 Å². The number of hydrogen-bond acceptors (Lipinski definition) is 5. The standard InChI is InChI=1S/C16H22N2O2S.C2HF3O2/c1-4-20-14-7-16(21-8-14)9-18(10-16)15(19)13-5-11(2)17-12(3)6-13;3-2(4,5)1(6)7/h5-6,14H,4,7-10H2,1-3H3;(H,6,7). The lowest BCUT2D eigenvalue weighted by molar-refractivity contribution is -0.192. The van der Waals surface area contributed by atoms with E-state index in [4.69, 9.17) is 14.6 Å². The van der Waals surface area contributed by atoms with Crippen molar-refractivity contribution in [2.45, 2.75) is 44.2 Å². The van der Waals surface area contributed by atoms with Gasteiger partial charge in [-0.15, -0.1) is 11.8 Å². The minimum absolute atomic E-state index is 0.134. The van der Waals surface area contributed by atoms with Crippen molar-refractivity contribution in [1.82, 2.24) is 9.88 Å². The Hall–Kier alpha value is -1.81. The van der Waals surface area contributed by atoms with Crippen LogP contribution < -0.4 is 0 Å². The molecule has 10 heteroatoms. The fraction of sp³-hybridized carbons (Fsp3) is 0.611. The highest BCUT2D eigenvalue weighted by Crippen LogP contribution is 2.46. The summed E-state index contributed by atoms with van der Waals surface area (Å²) in [5.41, 5.74) is 2.57. The third kappa shape index (κ3) is 5.60. The van der Waals surface area contributed by atoms with Crippen LogP contribution in [0.15, 0.2) is 12.1 Å². The van der Waals surface area contributed by atoms with Gasteiger partial charge in [-0.1, -0.05) is 0 Å². The van der Waals surface area contributed by atoms with E-state index in [0.717, 1.165) is 48.8 Å². The van der Waals surface area contributed by atoms with Crippen molar-refractivity contribution in [2.75, 3.05) is 25.4 Å². The smallest absolute Gasteiger partial charge is 0.475 e. The molecule has 0 saturated carbocycles. The molecule has 2 aliphatic rings. The molecule has 0 aromatic carbocycles. The SMILES string of the molecule is CCOC1CSC2(C1)CN(C(=O)c1cc(C)nc(C)c1)C2.O=C(O)C(F)(F)F. The van der Waals surface area contributed by atoms with Crippen molar-refractivity contribution < 1.29 is 32.6 Å². The van der Waals surface area contributed by atoms with E-state index in [2.05, 4.69) is 4.98 Å². The minimum Gasteiger partial charge on any atom is -0.475 e. The van der Waals surface area contributed by atoms with Gasteiger partial charge in [0.05, 0.1) is 10.9 Å². The molecule has 3 heterocycles. The quantitative estimate of drug-likeness (QED) is 0.810. The molecule has 6 nitrogen and oxygen atoms in total. The number of halogens is 3. The van der Waals surface area contributed by atoms with Gasteiger partial charge >= 0.3 is 12.1 Å². The van der Waals surface area contributed by atoms with Crippen molar-refractivity contribution in [3.05, 3.63) is 29.1 Å². The number of carbonyl (C=O) groups is 2. The molecule has 0 radical (unpaired) electrons. The summed E-state index contributed by atoms with van der Waals surface area (Å²) in [4.78, 5) is 27.7. The summed E-state index contributed by atoms with van der Waals surface area (Å²) in [5, 5.41) is 7.12. The molecule has 2 aliphatic heterocycles. The van der Waals surface area contributed by atoms with Gasteiger partial charge in [-0.2, -0.15) is 13.2 Å². The Balaban J connectivity index is 0.000000345. The fourth-order valence-corrected chi connectivity index (χ4v) is 4.85. The topological polar surface area (TPSA) is 79.7 Å². The van der Waals surface area contributed by atoms with E-state index in [0.29, 0.717) is 6.10 Å². The zero-order valence-corrected chi connectivity index (χ0v) is 16.7. The summed E-state index contributed by atoms with van der Waals surface area (Å²) in [6, 6.07) is 3.76. The number of nitrogens with zero attached hydrogens (tertiary/aromatic N) is 2. The van der Waals surface area contributed by atoms with Crippen molar-refractivity contribution >= 4 is 23.6 Å². The Bertz CT molecular complexity index is 716. The maximum atomic E-state index is 12.5. The molecule has 3 rings (SSSR count). The molecule has 1 atom stereocenters. The maximum absolute atomic E-state index is 12.5. The molecule has 156 valence electrons. The summed E-state index contributed by atoms with van der Waals surface area (Å²) in [6.07, 6.45) is -3.65. The second-order valence-corrected chi connectivity index (χ2v) is 8.37. The summed E-state index contributed by atoms with van der Waals surface area (Å²) in [6.45, 7) is 8.38. The summed E-state index contributed by atoms with van der Waals surface area (Å²) >= 11 is 1.97. The average molecular weight is 420 g/mol. The van der Waals surface area contributed by atoms with Gasteiger partial charge in [0, 0.05) is 42.4 Å². The van der Waals surface area contributed by atoms with Gasteiger partial charge in [0.1, 0.15) is 0 Å². The summed E-state index contributed by atoms with van der Waals surface area (Å²) in [7, 11) is 0. The van der Waals surface area contributed by atoms with E-state index in [1.807, 2.05) is 49.6 Å². The van der Waals surface area contributed by atoms with Crippen molar-refractivity contribution in [3.63, 3.8) is 0 Å². The molecule has 1 spiro atoms. The van der Waals surface area contributed by atoms with Crippen LogP contribution in [0.25, 0.3) is 0 Å². The molecule has 1 aromatic heterocycles. The van der Waals surface area contributed by atoms with Gasteiger partial charge in [0.15, 0.2) is 0 Å². The predicted molar refractivity (Wildman–Crippen MR) is 98.5 cm³/mol. The molecule has 1 amide bonds. The van der Waals surface area contributed by atoms with Crippen LogP contribution >= 0.6 is 11.8 Å². The first-order chi connectivity index (χ1) is 13.0. The lowest BCUT2D eigenvalue weighted by Gasteiger charge is -2.47. The first kappa shape index (κ1) is 22.5. The van der Waals surface area contributed by atoms with Gasteiger partial charge in [0.2, 0.25) is 0 Å². The Morgan fingerprint density at radius 2 is 1.86 bits per heavy atom. The number of hydrogen-bond donors (Lipinski definition) is 1. The van der Waals surface area contributed by atoms with Crippen LogP contribution in [0.4, 0.5) is 13.2 Å². The number of carboxylic acid groups (broad SMARTS) is 1. The number of carboxylic acids is 1. The van der Waals surface area contributed by atoms with Gasteiger partial charge < -0.3 is 14.7 Å². The van der Waals surface area contributed by atoms with Crippen LogP contribution in [0.1, 0.15) is 35.1 Å². The third-order valence-corrected chi connectivity index (χ3v) is 5.97. The molecular formula is C18H23F3N2O4S. The van der Waals surface area contributed by atoms with E-state index in [1.165, 1.54) is 0 Å². The zero-order valence-electron chi connectivity index (χ0n) is 15.9. The summed E-state index contributed by atoms with van der Waals surface area (Å²) in [5.74, 6) is -1.56. The van der Waals surface area contributed by atoms with Crippen LogP contribution in [-0.2, 0) is 9.53 Å². The fourth-order valence-electron chi connectivity index (χ4n) is 3.30. The number of aliphatic carboxylic acids is 1. The highest BCUT2D eigenvalue weighted by Gasteiger charge is 2.50. The number of ether oxygens (including phenoxy) is 1. The summed E-state index contributed by atoms with van der Waals surface area (Å²) < 4.78 is 37.7. The largest absolute Gasteiger partial charge is 0.490 e. The van der Waals surface area contributed by atoms with Crippen LogP contribution in [0, 0.1) is 13.8 Å². The molecule has 1 unspecified atom stereocenters. The lowest BCUT2D eigenvalue weighted by Crippen LogP contribution is -2.60. The number of alkyl halides is 3. The number of amides is 1. The molecule has 2 saturated heterocycles. The van der Waals surface area contributed by atoms with E-state index in [1.54, 1.807) is 0 Å². The van der Waals surface area contributed by atoms with E-state index in [-0.39, 0.29) is 10.7 Å². The molecule has 0 aliphatic carbocycles. The number of likely N-dealkylation sites (tertiary alicyclic amines) is 1. The Labute approximate surface area is 165 Å². The molecule has 1 aromatic rings. The number of aromatic nitrogens is 1. The molecule has 2 fully saturated rings. The minimum atomic E-state index is -5.08. The number of aryl methyl sites for hydroxylation is 2. The molecular weight excluding hydrogens is 397 g/mol. The van der Waals surface area contributed by atoms with Crippen LogP contribution in [-0.4, -0.2) is 69.3 Å². The second kappa shape index (κ2) is 8.69. The van der Waals surface area contributed by atoms with E-state index < -0.39 is 12.1 Å². The van der Waals surface area contributed by atoms with Crippen molar-refractivity contribution in [1.29, 1.82) is 0 Å². The van der Waals surface area contributed by atoms with E-state index >= 15 is 0 Å². The normalized spacial score (nSPS) is 20.4. The van der Waals surface area contributed by atoms with Gasteiger partial charge in [0.25, 0.3) is 5.91 Å². The van der Waals surface area contributed by atoms with E-state index in [9.17, 15) is 18.0 Å². The van der Waals surface area contributed by atoms with Crippen molar-refractivity contribution in [3.8, 4) is 0 Å².